The van der Waals surface area contributed by atoms with Gasteiger partial charge in [-0.25, -0.2) is 18.0 Å². The van der Waals surface area contributed by atoms with E-state index in [1.165, 1.54) is 61.5 Å². The Bertz CT molecular complexity index is 1000. The molecule has 28 heavy (non-hydrogen) atoms. The third-order valence-corrected chi connectivity index (χ3v) is 4.13. The number of ether oxygens (including phenoxy) is 1. The molecule has 3 nitrogen and oxygen atoms in total. The van der Waals surface area contributed by atoms with Gasteiger partial charge in [0.05, 0.1) is 11.1 Å². The summed E-state index contributed by atoms with van der Waals surface area (Å²) < 4.78 is 47.3. The summed E-state index contributed by atoms with van der Waals surface area (Å²) >= 11 is 0. The summed E-state index contributed by atoms with van der Waals surface area (Å²) in [6.45, 7) is 1.18. The molecule has 6 heteroatoms. The van der Waals surface area contributed by atoms with Crippen molar-refractivity contribution in [1.82, 2.24) is 0 Å². The van der Waals surface area contributed by atoms with Crippen LogP contribution in [-0.2, 0) is 4.74 Å². The molecule has 0 fully saturated rings. The first kappa shape index (κ1) is 19.4. The van der Waals surface area contributed by atoms with Crippen molar-refractivity contribution < 1.29 is 27.5 Å². The molecule has 0 aliphatic rings. The van der Waals surface area contributed by atoms with Crippen molar-refractivity contribution in [3.8, 4) is 0 Å². The number of carbonyl (C=O) groups is 2. The first-order valence-corrected chi connectivity index (χ1v) is 8.38. The van der Waals surface area contributed by atoms with Crippen LogP contribution in [0.25, 0.3) is 0 Å². The highest BCUT2D eigenvalue weighted by Crippen LogP contribution is 2.29. The Balaban J connectivity index is 2.02. The lowest BCUT2D eigenvalue weighted by Crippen LogP contribution is -2.16. The summed E-state index contributed by atoms with van der Waals surface area (Å²) in [6.07, 6.45) is -1.17. The molecule has 0 aliphatic heterocycles. The van der Waals surface area contributed by atoms with Gasteiger partial charge in [0, 0.05) is 0 Å². The summed E-state index contributed by atoms with van der Waals surface area (Å²) in [7, 11) is 0. The highest BCUT2D eigenvalue weighted by atomic mass is 19.1. The second-order valence-corrected chi connectivity index (χ2v) is 6.12. The second-order valence-electron chi connectivity index (χ2n) is 6.12. The zero-order valence-corrected chi connectivity index (χ0v) is 14.8. The van der Waals surface area contributed by atoms with Crippen LogP contribution in [-0.4, -0.2) is 11.8 Å². The maximum absolute atomic E-state index is 14.5. The van der Waals surface area contributed by atoms with Crippen molar-refractivity contribution in [2.45, 2.75) is 13.0 Å². The molecule has 0 aliphatic carbocycles. The lowest BCUT2D eigenvalue weighted by molar-refractivity contribution is 0.0371. The predicted molar refractivity (Wildman–Crippen MR) is 96.5 cm³/mol. The quantitative estimate of drug-likeness (QED) is 0.446. The fraction of sp³-hybridized carbons (Fsp3) is 0.0909. The van der Waals surface area contributed by atoms with Crippen molar-refractivity contribution in [1.29, 1.82) is 0 Å². The Morgan fingerprint density at radius 1 is 0.786 bits per heavy atom. The van der Waals surface area contributed by atoms with Crippen LogP contribution < -0.4 is 0 Å². The Labute approximate surface area is 159 Å². The standard InChI is InChI=1S/C22H15F3O3/c1-13(26)18-9-4-10-19(20(18)25)22(27)28-21(14-5-2-7-16(23)11-14)15-6-3-8-17(24)12-15/h2-12,21H,1H3. The van der Waals surface area contributed by atoms with E-state index in [2.05, 4.69) is 0 Å². The van der Waals surface area contributed by atoms with Crippen molar-refractivity contribution >= 4 is 11.8 Å². The fourth-order valence-corrected chi connectivity index (χ4v) is 2.80. The van der Waals surface area contributed by atoms with Crippen molar-refractivity contribution in [3.63, 3.8) is 0 Å². The van der Waals surface area contributed by atoms with E-state index >= 15 is 0 Å². The molecular formula is C22H15F3O3. The van der Waals surface area contributed by atoms with Crippen LogP contribution in [0.4, 0.5) is 13.2 Å². The average Bonchev–Trinajstić information content (AvgIpc) is 2.65. The Kier molecular flexibility index (Phi) is 5.59. The highest BCUT2D eigenvalue weighted by molar-refractivity contribution is 5.98. The first-order chi connectivity index (χ1) is 13.4. The van der Waals surface area contributed by atoms with Crippen molar-refractivity contribution in [2.24, 2.45) is 0 Å². The Morgan fingerprint density at radius 2 is 1.29 bits per heavy atom. The number of hydrogen-bond acceptors (Lipinski definition) is 3. The number of benzene rings is 3. The number of hydrogen-bond donors (Lipinski definition) is 0. The molecule has 3 rings (SSSR count). The van der Waals surface area contributed by atoms with E-state index in [-0.39, 0.29) is 16.7 Å². The number of ketones is 1. The van der Waals surface area contributed by atoms with Crippen LogP contribution in [0.2, 0.25) is 0 Å². The summed E-state index contributed by atoms with van der Waals surface area (Å²) in [5.74, 6) is -3.74. The summed E-state index contributed by atoms with van der Waals surface area (Å²) in [4.78, 5) is 24.1. The van der Waals surface area contributed by atoms with Crippen LogP contribution in [0.5, 0.6) is 0 Å². The largest absolute Gasteiger partial charge is 0.449 e. The highest BCUT2D eigenvalue weighted by Gasteiger charge is 2.24. The number of carbonyl (C=O) groups excluding carboxylic acids is 2. The van der Waals surface area contributed by atoms with Crippen LogP contribution in [0, 0.1) is 17.5 Å². The summed E-state index contributed by atoms with van der Waals surface area (Å²) in [5.41, 5.74) is -0.183. The zero-order chi connectivity index (χ0) is 20.3. The molecule has 142 valence electrons. The molecular weight excluding hydrogens is 369 g/mol. The maximum atomic E-state index is 14.5. The van der Waals surface area contributed by atoms with E-state index in [0.29, 0.717) is 0 Å². The lowest BCUT2D eigenvalue weighted by Gasteiger charge is -2.19. The van der Waals surface area contributed by atoms with Crippen LogP contribution in [0.3, 0.4) is 0 Å². The van der Waals surface area contributed by atoms with Gasteiger partial charge in [0.1, 0.15) is 17.5 Å². The van der Waals surface area contributed by atoms with Gasteiger partial charge in [0.2, 0.25) is 0 Å². The SMILES string of the molecule is CC(=O)c1cccc(C(=O)OC(c2cccc(F)c2)c2cccc(F)c2)c1F. The molecule has 0 N–H and O–H groups in total. The number of esters is 1. The minimum atomic E-state index is -1.17. The molecule has 3 aromatic carbocycles. The van der Waals surface area contributed by atoms with Crippen LogP contribution in [0.15, 0.2) is 66.7 Å². The van der Waals surface area contributed by atoms with Gasteiger partial charge < -0.3 is 4.74 Å². The average molecular weight is 384 g/mol. The van der Waals surface area contributed by atoms with Gasteiger partial charge in [-0.15, -0.1) is 0 Å². The van der Waals surface area contributed by atoms with E-state index in [9.17, 15) is 22.8 Å². The van der Waals surface area contributed by atoms with Gasteiger partial charge in [-0.2, -0.15) is 0 Å². The second kappa shape index (κ2) is 8.08. The van der Waals surface area contributed by atoms with Crippen LogP contribution >= 0.6 is 0 Å². The van der Waals surface area contributed by atoms with Crippen molar-refractivity contribution in [3.05, 3.63) is 106 Å². The van der Waals surface area contributed by atoms with Gasteiger partial charge in [-0.05, 0) is 54.4 Å². The first-order valence-electron chi connectivity index (χ1n) is 8.38. The van der Waals surface area contributed by atoms with Gasteiger partial charge in [0.15, 0.2) is 11.9 Å². The number of halogens is 3. The third kappa shape index (κ3) is 4.11. The third-order valence-electron chi connectivity index (χ3n) is 4.13. The molecule has 3 aromatic rings. The molecule has 0 amide bonds. The number of Topliss-reactive ketones (excluding diaryl/α,β-unsaturated/α-hetero) is 1. The minimum absolute atomic E-state index is 0.248. The fourth-order valence-electron chi connectivity index (χ4n) is 2.80. The van der Waals surface area contributed by atoms with Gasteiger partial charge in [-0.1, -0.05) is 30.3 Å². The van der Waals surface area contributed by atoms with Gasteiger partial charge in [-0.3, -0.25) is 4.79 Å². The molecule has 0 atom stereocenters. The lowest BCUT2D eigenvalue weighted by atomic mass is 10.0. The van der Waals surface area contributed by atoms with Crippen LogP contribution in [0.1, 0.15) is 44.9 Å². The zero-order valence-electron chi connectivity index (χ0n) is 14.8. The molecule has 0 bridgehead atoms. The minimum Gasteiger partial charge on any atom is -0.449 e. The molecule has 0 spiro atoms. The summed E-state index contributed by atoms with van der Waals surface area (Å²) in [5, 5.41) is 0. The van der Waals surface area contributed by atoms with E-state index in [4.69, 9.17) is 4.74 Å². The molecule has 0 radical (unpaired) electrons. The maximum Gasteiger partial charge on any atom is 0.342 e. The monoisotopic (exact) mass is 384 g/mol. The molecule has 0 aromatic heterocycles. The van der Waals surface area contributed by atoms with E-state index in [1.54, 1.807) is 0 Å². The van der Waals surface area contributed by atoms with E-state index in [1.807, 2.05) is 0 Å². The predicted octanol–water partition coefficient (Wildman–Crippen LogP) is 5.25. The molecule has 0 unspecified atom stereocenters. The Hall–Kier alpha value is -3.41. The molecule has 0 saturated carbocycles. The Morgan fingerprint density at radius 3 is 1.79 bits per heavy atom. The summed E-state index contributed by atoms with van der Waals surface area (Å²) in [6, 6.07) is 14.4. The molecule has 0 saturated heterocycles. The normalized spacial score (nSPS) is 10.8. The van der Waals surface area contributed by atoms with E-state index in [0.717, 1.165) is 12.1 Å². The number of rotatable bonds is 5. The molecule has 0 heterocycles. The smallest absolute Gasteiger partial charge is 0.342 e. The van der Waals surface area contributed by atoms with E-state index < -0.39 is 40.9 Å². The van der Waals surface area contributed by atoms with Gasteiger partial charge in [0.25, 0.3) is 0 Å². The topological polar surface area (TPSA) is 43.4 Å². The van der Waals surface area contributed by atoms with Crippen molar-refractivity contribution in [2.75, 3.05) is 0 Å². The van der Waals surface area contributed by atoms with Gasteiger partial charge >= 0.3 is 5.97 Å².